The van der Waals surface area contributed by atoms with E-state index in [1.54, 1.807) is 6.92 Å². The quantitative estimate of drug-likeness (QED) is 0.790. The minimum atomic E-state index is -0.301. The maximum absolute atomic E-state index is 12.9. The van der Waals surface area contributed by atoms with Crippen LogP contribution in [0.2, 0.25) is 0 Å². The Kier molecular flexibility index (Phi) is 5.31. The van der Waals surface area contributed by atoms with Crippen LogP contribution in [-0.2, 0) is 9.59 Å². The maximum atomic E-state index is 12.9. The van der Waals surface area contributed by atoms with Gasteiger partial charge < -0.3 is 10.1 Å². The molecule has 5 nitrogen and oxygen atoms in total. The Morgan fingerprint density at radius 2 is 1.63 bits per heavy atom. The normalized spacial score (nSPS) is 14.1. The number of likely N-dealkylation sites (N-methyl/N-ethyl adjacent to an activating group) is 1. The fourth-order valence-corrected chi connectivity index (χ4v) is 3.09. The summed E-state index contributed by atoms with van der Waals surface area (Å²) in [5, 5.41) is 3.15. The molecule has 0 bridgehead atoms. The molecule has 0 unspecified atom stereocenters. The molecule has 1 aliphatic rings. The molecule has 1 aliphatic heterocycles. The molecule has 2 amide bonds. The number of hydrogen-bond donors (Lipinski definition) is 1. The van der Waals surface area contributed by atoms with Crippen molar-refractivity contribution in [2.45, 2.75) is 27.7 Å². The number of nitrogens with zero attached hydrogens (tertiary/aromatic N) is 1. The second-order valence-corrected chi connectivity index (χ2v) is 6.49. The van der Waals surface area contributed by atoms with Crippen LogP contribution in [0.4, 0.5) is 5.69 Å². The maximum Gasteiger partial charge on any atom is 0.278 e. The molecular formula is C22H24N2O3. The topological polar surface area (TPSA) is 58.6 Å². The standard InChI is InChI=1S/C22H24N2O3/c1-5-24-21(25)19(16-8-7-14(3)15(4)13-16)20(22(24)26)23-17-9-11-18(12-10-17)27-6-2/h7-13,23H,5-6H2,1-4H3. The highest BCUT2D eigenvalue weighted by atomic mass is 16.5. The highest BCUT2D eigenvalue weighted by molar-refractivity contribution is 6.36. The van der Waals surface area contributed by atoms with Crippen molar-refractivity contribution in [3.63, 3.8) is 0 Å². The SMILES string of the molecule is CCOc1ccc(NC2=C(c3ccc(C)c(C)c3)C(=O)N(CC)C2=O)cc1. The van der Waals surface area contributed by atoms with Crippen LogP contribution in [0.5, 0.6) is 5.75 Å². The molecule has 0 fully saturated rings. The molecule has 0 atom stereocenters. The highest BCUT2D eigenvalue weighted by Crippen LogP contribution is 2.31. The summed E-state index contributed by atoms with van der Waals surface area (Å²) in [6.45, 7) is 8.67. The number of aryl methyl sites for hydroxylation is 2. The molecule has 2 aromatic carbocycles. The van der Waals surface area contributed by atoms with Crippen molar-refractivity contribution in [3.8, 4) is 5.75 Å². The van der Waals surface area contributed by atoms with Gasteiger partial charge in [-0.05, 0) is 68.7 Å². The van der Waals surface area contributed by atoms with Crippen LogP contribution in [-0.4, -0.2) is 29.9 Å². The van der Waals surface area contributed by atoms with E-state index >= 15 is 0 Å². The van der Waals surface area contributed by atoms with Gasteiger partial charge in [0.1, 0.15) is 11.4 Å². The summed E-state index contributed by atoms with van der Waals surface area (Å²) in [6.07, 6.45) is 0. The molecule has 3 rings (SSSR count). The van der Waals surface area contributed by atoms with Gasteiger partial charge in [-0.2, -0.15) is 0 Å². The lowest BCUT2D eigenvalue weighted by molar-refractivity contribution is -0.136. The zero-order valence-corrected chi connectivity index (χ0v) is 16.1. The van der Waals surface area contributed by atoms with Gasteiger partial charge in [-0.15, -0.1) is 0 Å². The van der Waals surface area contributed by atoms with Crippen LogP contribution in [0.3, 0.4) is 0 Å². The Hall–Kier alpha value is -3.08. The average molecular weight is 364 g/mol. The van der Waals surface area contributed by atoms with Crippen molar-refractivity contribution in [2.75, 3.05) is 18.5 Å². The molecule has 1 N–H and O–H groups in total. The first-order chi connectivity index (χ1) is 13.0. The number of amides is 2. The van der Waals surface area contributed by atoms with E-state index in [0.717, 1.165) is 28.1 Å². The minimum Gasteiger partial charge on any atom is -0.494 e. The van der Waals surface area contributed by atoms with Crippen LogP contribution in [0.1, 0.15) is 30.5 Å². The third-order valence-corrected chi connectivity index (χ3v) is 4.71. The van der Waals surface area contributed by atoms with Crippen molar-refractivity contribution >= 4 is 23.1 Å². The lowest BCUT2D eigenvalue weighted by Crippen LogP contribution is -2.32. The van der Waals surface area contributed by atoms with E-state index in [0.29, 0.717) is 24.4 Å². The van der Waals surface area contributed by atoms with Gasteiger partial charge in [0, 0.05) is 12.2 Å². The van der Waals surface area contributed by atoms with E-state index in [4.69, 9.17) is 4.74 Å². The smallest absolute Gasteiger partial charge is 0.278 e. The fraction of sp³-hybridized carbons (Fsp3) is 0.273. The van der Waals surface area contributed by atoms with Gasteiger partial charge in [0.15, 0.2) is 0 Å². The van der Waals surface area contributed by atoms with Gasteiger partial charge in [0.2, 0.25) is 0 Å². The Morgan fingerprint density at radius 3 is 2.22 bits per heavy atom. The van der Waals surface area contributed by atoms with Gasteiger partial charge in [-0.25, -0.2) is 0 Å². The number of imide groups is 1. The van der Waals surface area contributed by atoms with E-state index < -0.39 is 0 Å². The molecular weight excluding hydrogens is 340 g/mol. The molecule has 0 saturated heterocycles. The number of ether oxygens (including phenoxy) is 1. The summed E-state index contributed by atoms with van der Waals surface area (Å²) < 4.78 is 5.45. The first-order valence-electron chi connectivity index (χ1n) is 9.14. The van der Waals surface area contributed by atoms with E-state index in [-0.39, 0.29) is 11.8 Å². The molecule has 0 spiro atoms. The summed E-state index contributed by atoms with van der Waals surface area (Å²) in [5.74, 6) is 0.194. The van der Waals surface area contributed by atoms with E-state index in [9.17, 15) is 9.59 Å². The van der Waals surface area contributed by atoms with Crippen LogP contribution in [0.25, 0.3) is 5.57 Å². The van der Waals surface area contributed by atoms with Crippen molar-refractivity contribution in [1.82, 2.24) is 4.90 Å². The second kappa shape index (κ2) is 7.66. The molecule has 27 heavy (non-hydrogen) atoms. The largest absolute Gasteiger partial charge is 0.494 e. The van der Waals surface area contributed by atoms with Crippen LogP contribution < -0.4 is 10.1 Å². The fourth-order valence-electron chi connectivity index (χ4n) is 3.09. The third-order valence-electron chi connectivity index (χ3n) is 4.71. The minimum absolute atomic E-state index is 0.265. The molecule has 0 radical (unpaired) electrons. The van der Waals surface area contributed by atoms with Crippen LogP contribution >= 0.6 is 0 Å². The van der Waals surface area contributed by atoms with Gasteiger partial charge in [-0.3, -0.25) is 14.5 Å². The molecule has 5 heteroatoms. The monoisotopic (exact) mass is 364 g/mol. The Morgan fingerprint density at radius 1 is 0.926 bits per heavy atom. The summed E-state index contributed by atoms with van der Waals surface area (Å²) in [6, 6.07) is 13.2. The molecule has 140 valence electrons. The van der Waals surface area contributed by atoms with Crippen molar-refractivity contribution in [2.24, 2.45) is 0 Å². The van der Waals surface area contributed by atoms with Gasteiger partial charge in [0.05, 0.1) is 12.2 Å². The molecule has 0 saturated carbocycles. The van der Waals surface area contributed by atoms with Crippen molar-refractivity contribution in [3.05, 3.63) is 64.9 Å². The zero-order valence-electron chi connectivity index (χ0n) is 16.1. The van der Waals surface area contributed by atoms with Crippen molar-refractivity contribution in [1.29, 1.82) is 0 Å². The Bertz CT molecular complexity index is 914. The number of anilines is 1. The van der Waals surface area contributed by atoms with E-state index in [1.807, 2.05) is 63.2 Å². The first kappa shape index (κ1) is 18.7. The number of nitrogens with one attached hydrogen (secondary N) is 1. The molecule has 0 aromatic heterocycles. The van der Waals surface area contributed by atoms with E-state index in [2.05, 4.69) is 5.32 Å². The Labute approximate surface area is 159 Å². The summed E-state index contributed by atoms with van der Waals surface area (Å²) >= 11 is 0. The predicted octanol–water partition coefficient (Wildman–Crippen LogP) is 3.91. The number of rotatable bonds is 6. The number of carbonyl (C=O) groups is 2. The van der Waals surface area contributed by atoms with Crippen LogP contribution in [0.15, 0.2) is 48.2 Å². The number of hydrogen-bond acceptors (Lipinski definition) is 4. The summed E-state index contributed by atoms with van der Waals surface area (Å²) in [5.41, 5.74) is 4.43. The van der Waals surface area contributed by atoms with Gasteiger partial charge in [-0.1, -0.05) is 18.2 Å². The second-order valence-electron chi connectivity index (χ2n) is 6.49. The summed E-state index contributed by atoms with van der Waals surface area (Å²) in [4.78, 5) is 27.0. The first-order valence-corrected chi connectivity index (χ1v) is 9.14. The van der Waals surface area contributed by atoms with Crippen LogP contribution in [0, 0.1) is 13.8 Å². The van der Waals surface area contributed by atoms with E-state index in [1.165, 1.54) is 4.90 Å². The Balaban J connectivity index is 2.02. The highest BCUT2D eigenvalue weighted by Gasteiger charge is 2.38. The van der Waals surface area contributed by atoms with Gasteiger partial charge >= 0.3 is 0 Å². The lowest BCUT2D eigenvalue weighted by atomic mass is 9.99. The van der Waals surface area contributed by atoms with Gasteiger partial charge in [0.25, 0.3) is 11.8 Å². The predicted molar refractivity (Wildman–Crippen MR) is 106 cm³/mol. The lowest BCUT2D eigenvalue weighted by Gasteiger charge is -2.12. The molecule has 0 aliphatic carbocycles. The summed E-state index contributed by atoms with van der Waals surface area (Å²) in [7, 11) is 0. The molecule has 1 heterocycles. The third kappa shape index (κ3) is 3.58. The molecule has 2 aromatic rings. The van der Waals surface area contributed by atoms with Crippen molar-refractivity contribution < 1.29 is 14.3 Å². The number of benzene rings is 2. The zero-order chi connectivity index (χ0) is 19.6. The number of carbonyl (C=O) groups excluding carboxylic acids is 2. The average Bonchev–Trinajstić information content (AvgIpc) is 2.89.